The van der Waals surface area contributed by atoms with Gasteiger partial charge < -0.3 is 0 Å². The lowest BCUT2D eigenvalue weighted by Gasteiger charge is -2.18. The van der Waals surface area contributed by atoms with Crippen LogP contribution in [0.5, 0.6) is 0 Å². The molecular formula is C13H11BrFIN2. The minimum atomic E-state index is -0.364. The van der Waals surface area contributed by atoms with Crippen molar-refractivity contribution in [3.05, 3.63) is 67.5 Å². The van der Waals surface area contributed by atoms with E-state index < -0.39 is 0 Å². The predicted molar refractivity (Wildman–Crippen MR) is 82.4 cm³/mol. The third kappa shape index (κ3) is 2.90. The number of hydrogen-bond acceptors (Lipinski definition) is 2. The van der Waals surface area contributed by atoms with Crippen LogP contribution in [0.4, 0.5) is 4.39 Å². The van der Waals surface area contributed by atoms with Gasteiger partial charge in [-0.3, -0.25) is 5.84 Å². The third-order valence-corrected chi connectivity index (χ3v) is 3.92. The molecule has 2 nitrogen and oxygen atoms in total. The highest BCUT2D eigenvalue weighted by Crippen LogP contribution is 2.28. The van der Waals surface area contributed by atoms with E-state index >= 15 is 0 Å². The van der Waals surface area contributed by atoms with Gasteiger partial charge in [-0.15, -0.1) is 0 Å². The lowest BCUT2D eigenvalue weighted by atomic mass is 9.99. The van der Waals surface area contributed by atoms with Crippen LogP contribution < -0.4 is 11.3 Å². The zero-order valence-electron chi connectivity index (χ0n) is 9.33. The summed E-state index contributed by atoms with van der Waals surface area (Å²) in [6.07, 6.45) is 0. The molecule has 0 amide bonds. The van der Waals surface area contributed by atoms with Crippen LogP contribution in [0.25, 0.3) is 0 Å². The first-order valence-corrected chi connectivity index (χ1v) is 7.16. The SMILES string of the molecule is NNC(c1cccc(I)c1)c1cccc(Br)c1F. The molecule has 0 fully saturated rings. The molecule has 2 aromatic rings. The van der Waals surface area contributed by atoms with Crippen LogP contribution in [-0.2, 0) is 0 Å². The number of halogens is 3. The molecule has 0 saturated carbocycles. The maximum Gasteiger partial charge on any atom is 0.142 e. The van der Waals surface area contributed by atoms with E-state index in [2.05, 4.69) is 43.9 Å². The molecule has 2 rings (SSSR count). The van der Waals surface area contributed by atoms with Crippen LogP contribution >= 0.6 is 38.5 Å². The van der Waals surface area contributed by atoms with E-state index in [0.29, 0.717) is 10.0 Å². The van der Waals surface area contributed by atoms with Crippen molar-refractivity contribution in [2.24, 2.45) is 5.84 Å². The van der Waals surface area contributed by atoms with Crippen LogP contribution in [0.1, 0.15) is 17.2 Å². The zero-order chi connectivity index (χ0) is 13.1. The summed E-state index contributed by atoms with van der Waals surface area (Å²) < 4.78 is 15.6. The Morgan fingerprint density at radius 1 is 1.22 bits per heavy atom. The molecule has 2 aromatic carbocycles. The predicted octanol–water partition coefficient (Wildman–Crippen LogP) is 3.75. The van der Waals surface area contributed by atoms with E-state index in [9.17, 15) is 4.39 Å². The number of nitrogens with one attached hydrogen (secondary N) is 1. The summed E-state index contributed by atoms with van der Waals surface area (Å²) in [4.78, 5) is 0. The van der Waals surface area contributed by atoms with E-state index in [1.54, 1.807) is 18.2 Å². The molecule has 0 saturated heterocycles. The van der Waals surface area contributed by atoms with E-state index in [1.165, 1.54) is 0 Å². The molecule has 18 heavy (non-hydrogen) atoms. The molecule has 1 unspecified atom stereocenters. The molecule has 0 aliphatic rings. The van der Waals surface area contributed by atoms with Crippen LogP contribution in [-0.4, -0.2) is 0 Å². The Morgan fingerprint density at radius 2 is 1.94 bits per heavy atom. The van der Waals surface area contributed by atoms with Crippen LogP contribution in [0.15, 0.2) is 46.9 Å². The van der Waals surface area contributed by atoms with Crippen molar-refractivity contribution in [3.63, 3.8) is 0 Å². The second-order valence-corrected chi connectivity index (χ2v) is 5.90. The molecule has 0 aliphatic heterocycles. The van der Waals surface area contributed by atoms with Crippen molar-refractivity contribution in [2.45, 2.75) is 6.04 Å². The van der Waals surface area contributed by atoms with Crippen LogP contribution in [0.2, 0.25) is 0 Å². The standard InChI is InChI=1S/C13H11BrFIN2/c14-11-6-2-5-10(12(11)15)13(18-17)8-3-1-4-9(16)7-8/h1-7,13,18H,17H2. The van der Waals surface area contributed by atoms with Gasteiger partial charge in [-0.25, -0.2) is 9.82 Å². The molecular weight excluding hydrogens is 410 g/mol. The first kappa shape index (κ1) is 13.9. The second kappa shape index (κ2) is 6.10. The Labute approximate surface area is 127 Å². The molecule has 0 spiro atoms. The smallest absolute Gasteiger partial charge is 0.142 e. The molecule has 3 N–H and O–H groups in total. The fourth-order valence-corrected chi connectivity index (χ4v) is 2.74. The molecule has 0 heterocycles. The summed E-state index contributed by atoms with van der Waals surface area (Å²) >= 11 is 5.40. The van der Waals surface area contributed by atoms with Crippen molar-refractivity contribution in [1.29, 1.82) is 0 Å². The summed E-state index contributed by atoms with van der Waals surface area (Å²) in [6.45, 7) is 0. The first-order valence-electron chi connectivity index (χ1n) is 5.29. The summed E-state index contributed by atoms with van der Waals surface area (Å²) in [7, 11) is 0. The zero-order valence-corrected chi connectivity index (χ0v) is 13.1. The van der Waals surface area contributed by atoms with Gasteiger partial charge in [0.2, 0.25) is 0 Å². The van der Waals surface area contributed by atoms with Gasteiger partial charge in [0, 0.05) is 9.13 Å². The van der Waals surface area contributed by atoms with E-state index in [1.807, 2.05) is 24.3 Å². The number of nitrogens with two attached hydrogens (primary N) is 1. The third-order valence-electron chi connectivity index (χ3n) is 2.64. The Balaban J connectivity index is 2.49. The van der Waals surface area contributed by atoms with E-state index in [4.69, 9.17) is 5.84 Å². The highest BCUT2D eigenvalue weighted by Gasteiger charge is 2.18. The summed E-state index contributed by atoms with van der Waals surface area (Å²) in [6, 6.07) is 12.6. The number of hydrogen-bond donors (Lipinski definition) is 2. The van der Waals surface area contributed by atoms with Crippen molar-refractivity contribution in [1.82, 2.24) is 5.43 Å². The molecule has 0 bridgehead atoms. The Hall–Kier alpha value is -0.500. The fraction of sp³-hybridized carbons (Fsp3) is 0.0769. The monoisotopic (exact) mass is 420 g/mol. The highest BCUT2D eigenvalue weighted by atomic mass is 127. The fourth-order valence-electron chi connectivity index (χ4n) is 1.80. The molecule has 0 aliphatic carbocycles. The lowest BCUT2D eigenvalue weighted by molar-refractivity contribution is 0.556. The minimum absolute atomic E-state index is 0.292. The van der Waals surface area contributed by atoms with Crippen LogP contribution in [0.3, 0.4) is 0 Å². The average molecular weight is 421 g/mol. The number of hydrazine groups is 1. The van der Waals surface area contributed by atoms with Gasteiger partial charge in [-0.1, -0.05) is 24.3 Å². The average Bonchev–Trinajstić information content (AvgIpc) is 2.35. The Kier molecular flexibility index (Phi) is 4.71. The molecule has 94 valence electrons. The summed E-state index contributed by atoms with van der Waals surface area (Å²) in [5, 5.41) is 0. The van der Waals surface area contributed by atoms with E-state index in [0.717, 1.165) is 9.13 Å². The second-order valence-electron chi connectivity index (χ2n) is 3.80. The molecule has 5 heteroatoms. The minimum Gasteiger partial charge on any atom is -0.271 e. The maximum absolute atomic E-state index is 14.1. The molecule has 1 atom stereocenters. The van der Waals surface area contributed by atoms with Gasteiger partial charge in [-0.05, 0) is 62.3 Å². The van der Waals surface area contributed by atoms with Gasteiger partial charge >= 0.3 is 0 Å². The normalized spacial score (nSPS) is 12.4. The van der Waals surface area contributed by atoms with Crippen molar-refractivity contribution < 1.29 is 4.39 Å². The summed E-state index contributed by atoms with van der Waals surface area (Å²) in [5.74, 6) is 5.28. The first-order chi connectivity index (χ1) is 8.63. The topological polar surface area (TPSA) is 38.0 Å². The van der Waals surface area contributed by atoms with Gasteiger partial charge in [0.15, 0.2) is 0 Å². The van der Waals surface area contributed by atoms with Crippen molar-refractivity contribution in [2.75, 3.05) is 0 Å². The quantitative estimate of drug-likeness (QED) is 0.451. The number of benzene rings is 2. The van der Waals surface area contributed by atoms with Gasteiger partial charge in [-0.2, -0.15) is 0 Å². The van der Waals surface area contributed by atoms with E-state index in [-0.39, 0.29) is 11.9 Å². The van der Waals surface area contributed by atoms with Gasteiger partial charge in [0.05, 0.1) is 10.5 Å². The Bertz CT molecular complexity index is 562. The van der Waals surface area contributed by atoms with Crippen LogP contribution in [0, 0.1) is 9.39 Å². The molecule has 0 radical (unpaired) electrons. The van der Waals surface area contributed by atoms with Crippen molar-refractivity contribution in [3.8, 4) is 0 Å². The van der Waals surface area contributed by atoms with Gasteiger partial charge in [0.25, 0.3) is 0 Å². The highest BCUT2D eigenvalue weighted by molar-refractivity contribution is 14.1. The lowest BCUT2D eigenvalue weighted by Crippen LogP contribution is -2.29. The van der Waals surface area contributed by atoms with Gasteiger partial charge in [0.1, 0.15) is 5.82 Å². The number of rotatable bonds is 3. The largest absolute Gasteiger partial charge is 0.271 e. The van der Waals surface area contributed by atoms with Crippen molar-refractivity contribution >= 4 is 38.5 Å². The Morgan fingerprint density at radius 3 is 2.61 bits per heavy atom. The molecule has 0 aromatic heterocycles. The summed E-state index contributed by atoms with van der Waals surface area (Å²) in [5.41, 5.74) is 4.12. The maximum atomic E-state index is 14.1.